The van der Waals surface area contributed by atoms with Gasteiger partial charge in [0.2, 0.25) is 0 Å². The molecule has 0 bridgehead atoms. The molecule has 0 saturated carbocycles. The monoisotopic (exact) mass is 491 g/mol. The van der Waals surface area contributed by atoms with Crippen LogP contribution in [0, 0.1) is 5.92 Å². The van der Waals surface area contributed by atoms with E-state index in [2.05, 4.69) is 27.0 Å². The average molecular weight is 492 g/mol. The number of aromatic hydroxyl groups is 2. The standard InChI is InChI=1S/C26H33N7O3/c1-31-22(20-9-2-3-10-23(20)35)13-24(33-25(31)21(27)15-29-33)28-14-17-6-5-11-32(16-17)26(36)30-18-7-4-8-19(34)12-18/h2-4,7-10,12-13,17,22,28-29,34-35H,5-6,11,14-16,27H2,1H3,(H,30,36). The first-order valence-electron chi connectivity index (χ1n) is 12.2. The van der Waals surface area contributed by atoms with E-state index >= 15 is 0 Å². The molecule has 10 nitrogen and oxygen atoms in total. The van der Waals surface area contributed by atoms with E-state index in [1.807, 2.05) is 35.2 Å². The Labute approximate surface area is 210 Å². The smallest absolute Gasteiger partial charge is 0.321 e. The molecule has 3 aliphatic rings. The van der Waals surface area contributed by atoms with E-state index in [0.717, 1.165) is 35.7 Å². The first-order valence-corrected chi connectivity index (χ1v) is 12.2. The van der Waals surface area contributed by atoms with Gasteiger partial charge in [-0.1, -0.05) is 24.3 Å². The summed E-state index contributed by atoms with van der Waals surface area (Å²) in [6.07, 6.45) is 4.01. The number of amides is 2. The highest BCUT2D eigenvalue weighted by atomic mass is 16.3. The number of hydrogen-bond acceptors (Lipinski definition) is 8. The minimum absolute atomic E-state index is 0.117. The van der Waals surface area contributed by atoms with E-state index in [0.29, 0.717) is 31.9 Å². The van der Waals surface area contributed by atoms with Crippen LogP contribution in [0.4, 0.5) is 10.5 Å². The second-order valence-electron chi connectivity index (χ2n) is 9.50. The molecule has 1 fully saturated rings. The molecule has 2 unspecified atom stereocenters. The van der Waals surface area contributed by atoms with Gasteiger partial charge < -0.3 is 36.4 Å². The first-order chi connectivity index (χ1) is 17.4. The van der Waals surface area contributed by atoms with Crippen molar-refractivity contribution in [2.45, 2.75) is 18.9 Å². The predicted molar refractivity (Wildman–Crippen MR) is 137 cm³/mol. The van der Waals surface area contributed by atoms with Crippen molar-refractivity contribution >= 4 is 11.7 Å². The van der Waals surface area contributed by atoms with Crippen molar-refractivity contribution in [1.82, 2.24) is 25.6 Å². The van der Waals surface area contributed by atoms with Gasteiger partial charge in [-0.25, -0.2) is 15.2 Å². The van der Waals surface area contributed by atoms with Crippen LogP contribution in [0.25, 0.3) is 0 Å². The number of hydrazine groups is 1. The zero-order chi connectivity index (χ0) is 25.2. The molecular weight excluding hydrogens is 458 g/mol. The predicted octanol–water partition coefficient (Wildman–Crippen LogP) is 2.41. The minimum Gasteiger partial charge on any atom is -0.508 e. The molecule has 190 valence electrons. The van der Waals surface area contributed by atoms with Crippen LogP contribution in [-0.4, -0.2) is 64.3 Å². The molecule has 0 spiro atoms. The number of carbonyl (C=O) groups is 1. The van der Waals surface area contributed by atoms with Crippen molar-refractivity contribution in [3.05, 3.63) is 77.5 Å². The molecule has 36 heavy (non-hydrogen) atoms. The highest BCUT2D eigenvalue weighted by Crippen LogP contribution is 2.38. The van der Waals surface area contributed by atoms with E-state index in [1.54, 1.807) is 24.3 Å². The molecule has 5 rings (SSSR count). The van der Waals surface area contributed by atoms with Gasteiger partial charge in [-0.2, -0.15) is 0 Å². The maximum atomic E-state index is 12.8. The Hall–Kier alpha value is -4.05. The summed E-state index contributed by atoms with van der Waals surface area (Å²) < 4.78 is 0. The average Bonchev–Trinajstić information content (AvgIpc) is 3.26. The quantitative estimate of drug-likeness (QED) is 0.376. The topological polar surface area (TPSA) is 129 Å². The second kappa shape index (κ2) is 9.90. The van der Waals surface area contributed by atoms with Crippen molar-refractivity contribution in [1.29, 1.82) is 0 Å². The van der Waals surface area contributed by atoms with Crippen molar-refractivity contribution in [2.75, 3.05) is 38.5 Å². The van der Waals surface area contributed by atoms with Gasteiger partial charge in [0.25, 0.3) is 0 Å². The second-order valence-corrected chi connectivity index (χ2v) is 9.50. The SMILES string of the molecule is CN1C2=C(N)CNN2C(NCC2CCCN(C(=O)Nc3cccc(O)c3)C2)=CC1c1ccccc1O. The Bertz CT molecular complexity index is 1200. The van der Waals surface area contributed by atoms with Crippen LogP contribution in [0.5, 0.6) is 11.5 Å². The lowest BCUT2D eigenvalue weighted by atomic mass is 9.98. The van der Waals surface area contributed by atoms with Crippen LogP contribution in [0.15, 0.2) is 71.9 Å². The number of nitrogens with zero attached hydrogens (tertiary/aromatic N) is 3. The van der Waals surface area contributed by atoms with Gasteiger partial charge in [-0.05, 0) is 43.0 Å². The van der Waals surface area contributed by atoms with Gasteiger partial charge >= 0.3 is 6.03 Å². The van der Waals surface area contributed by atoms with Gasteiger partial charge in [-0.15, -0.1) is 0 Å². The van der Waals surface area contributed by atoms with Crippen molar-refractivity contribution in [3.8, 4) is 11.5 Å². The highest BCUT2D eigenvalue weighted by Gasteiger charge is 2.36. The number of hydrogen-bond donors (Lipinski definition) is 6. The van der Waals surface area contributed by atoms with Crippen molar-refractivity contribution in [3.63, 3.8) is 0 Å². The number of nitrogens with one attached hydrogen (secondary N) is 3. The number of phenolic OH excluding ortho intramolecular Hbond substituents is 2. The fourth-order valence-electron chi connectivity index (χ4n) is 5.14. The zero-order valence-corrected chi connectivity index (χ0v) is 20.3. The van der Waals surface area contributed by atoms with Gasteiger partial charge in [0.05, 0.1) is 18.3 Å². The number of piperidine rings is 1. The number of likely N-dealkylation sites (tertiary alicyclic amines) is 1. The van der Waals surface area contributed by atoms with Crippen LogP contribution in [0.1, 0.15) is 24.4 Å². The zero-order valence-electron chi connectivity index (χ0n) is 20.3. The molecule has 0 aromatic heterocycles. The molecule has 3 aliphatic heterocycles. The number of anilines is 1. The van der Waals surface area contributed by atoms with E-state index in [1.165, 1.54) is 6.07 Å². The maximum absolute atomic E-state index is 12.8. The van der Waals surface area contributed by atoms with Crippen molar-refractivity contribution in [2.24, 2.45) is 11.7 Å². The normalized spacial score (nSPS) is 21.8. The van der Waals surface area contributed by atoms with Gasteiger partial charge in [0, 0.05) is 44.0 Å². The first kappa shape index (κ1) is 23.7. The molecule has 2 aromatic rings. The lowest BCUT2D eigenvalue weighted by Crippen LogP contribution is -2.48. The Morgan fingerprint density at radius 3 is 2.83 bits per heavy atom. The molecular formula is C26H33N7O3. The Kier molecular flexibility index (Phi) is 6.51. The Morgan fingerprint density at radius 1 is 1.19 bits per heavy atom. The van der Waals surface area contributed by atoms with Gasteiger partial charge in [-0.3, -0.25) is 0 Å². The van der Waals surface area contributed by atoms with Crippen LogP contribution in [0.2, 0.25) is 0 Å². The number of phenols is 2. The van der Waals surface area contributed by atoms with Crippen LogP contribution in [0.3, 0.4) is 0 Å². The lowest BCUT2D eigenvalue weighted by molar-refractivity contribution is 0.165. The van der Waals surface area contributed by atoms with Crippen molar-refractivity contribution < 1.29 is 15.0 Å². The summed E-state index contributed by atoms with van der Waals surface area (Å²) >= 11 is 0. The molecule has 2 amide bonds. The molecule has 0 radical (unpaired) electrons. The number of fused-ring (bicyclic) bond motifs is 1. The molecule has 3 heterocycles. The summed E-state index contributed by atoms with van der Waals surface area (Å²) in [6.45, 7) is 2.55. The summed E-state index contributed by atoms with van der Waals surface area (Å²) in [4.78, 5) is 16.7. The fourth-order valence-corrected chi connectivity index (χ4v) is 5.14. The van der Waals surface area contributed by atoms with Crippen LogP contribution in [-0.2, 0) is 0 Å². The van der Waals surface area contributed by atoms with E-state index in [4.69, 9.17) is 5.73 Å². The summed E-state index contributed by atoms with van der Waals surface area (Å²) in [5, 5.41) is 28.6. The third-order valence-electron chi connectivity index (χ3n) is 6.97. The van der Waals surface area contributed by atoms with E-state index in [-0.39, 0.29) is 29.5 Å². The molecule has 2 atom stereocenters. The Balaban J connectivity index is 1.28. The summed E-state index contributed by atoms with van der Waals surface area (Å²) in [6, 6.07) is 13.6. The maximum Gasteiger partial charge on any atom is 0.321 e. The summed E-state index contributed by atoms with van der Waals surface area (Å²) in [5.74, 6) is 2.36. The molecule has 7 N–H and O–H groups in total. The number of benzene rings is 2. The largest absolute Gasteiger partial charge is 0.508 e. The van der Waals surface area contributed by atoms with E-state index in [9.17, 15) is 15.0 Å². The summed E-state index contributed by atoms with van der Waals surface area (Å²) in [5.41, 5.74) is 11.8. The summed E-state index contributed by atoms with van der Waals surface area (Å²) in [7, 11) is 1.97. The Morgan fingerprint density at radius 2 is 2.03 bits per heavy atom. The van der Waals surface area contributed by atoms with Gasteiger partial charge in [0.15, 0.2) is 0 Å². The number of para-hydroxylation sites is 1. The number of rotatable bonds is 5. The third-order valence-corrected chi connectivity index (χ3v) is 6.97. The molecule has 10 heteroatoms. The molecule has 2 aromatic carbocycles. The minimum atomic E-state index is -0.186. The number of urea groups is 1. The van der Waals surface area contributed by atoms with Crippen LogP contribution >= 0.6 is 0 Å². The molecule has 1 saturated heterocycles. The number of carbonyl (C=O) groups excluding carboxylic acids is 1. The number of likely N-dealkylation sites (N-methyl/N-ethyl adjacent to an activating group) is 1. The fraction of sp³-hybridized carbons (Fsp3) is 0.346. The highest BCUT2D eigenvalue weighted by molar-refractivity contribution is 5.89. The lowest BCUT2D eigenvalue weighted by Gasteiger charge is -2.41. The molecule has 0 aliphatic carbocycles. The van der Waals surface area contributed by atoms with Crippen LogP contribution < -0.4 is 21.8 Å². The number of nitrogens with two attached hydrogens (primary N) is 1. The van der Waals surface area contributed by atoms with E-state index < -0.39 is 0 Å². The van der Waals surface area contributed by atoms with Gasteiger partial charge in [0.1, 0.15) is 23.1 Å². The third kappa shape index (κ3) is 4.72.